The van der Waals surface area contributed by atoms with Gasteiger partial charge in [0.05, 0.1) is 17.8 Å². The quantitative estimate of drug-likeness (QED) is 0.525. The molecule has 0 spiro atoms. The molecule has 2 aromatic heterocycles. The fourth-order valence-electron chi connectivity index (χ4n) is 2.50. The van der Waals surface area contributed by atoms with E-state index in [2.05, 4.69) is 15.3 Å². The highest BCUT2D eigenvalue weighted by molar-refractivity contribution is 7.14. The molecule has 0 aliphatic heterocycles. The second kappa shape index (κ2) is 7.59. The second-order valence-corrected chi connectivity index (χ2v) is 7.36. The number of rotatable bonds is 5. The highest BCUT2D eigenvalue weighted by Crippen LogP contribution is 2.26. The molecule has 2 aromatic carbocycles. The van der Waals surface area contributed by atoms with Crippen molar-refractivity contribution in [2.75, 3.05) is 5.32 Å². The third-order valence-electron chi connectivity index (χ3n) is 3.73. The zero-order valence-electron chi connectivity index (χ0n) is 13.8. The van der Waals surface area contributed by atoms with Crippen molar-refractivity contribution >= 4 is 33.7 Å². The van der Waals surface area contributed by atoms with Crippen LogP contribution in [0.1, 0.15) is 5.69 Å². The molecule has 0 aliphatic carbocycles. The molecule has 0 atom stereocenters. The molecule has 0 saturated heterocycles. The summed E-state index contributed by atoms with van der Waals surface area (Å²) in [7, 11) is 0. The van der Waals surface area contributed by atoms with E-state index in [-0.39, 0.29) is 12.3 Å². The predicted molar refractivity (Wildman–Crippen MR) is 107 cm³/mol. The van der Waals surface area contributed by atoms with Crippen molar-refractivity contribution in [2.45, 2.75) is 6.42 Å². The predicted octanol–water partition coefficient (Wildman–Crippen LogP) is 5.11. The lowest BCUT2D eigenvalue weighted by atomic mass is 10.2. The van der Waals surface area contributed by atoms with Crippen LogP contribution in [0.5, 0.6) is 0 Å². The number of carbonyl (C=O) groups is 1. The number of aromatic nitrogens is 2. The fourth-order valence-corrected chi connectivity index (χ4v) is 4.06. The van der Waals surface area contributed by atoms with Crippen LogP contribution in [-0.4, -0.2) is 15.9 Å². The van der Waals surface area contributed by atoms with Crippen molar-refractivity contribution in [2.24, 2.45) is 0 Å². The van der Waals surface area contributed by atoms with Crippen molar-refractivity contribution in [3.8, 4) is 21.8 Å². The fraction of sp³-hybridized carbons (Fsp3) is 0.0500. The van der Waals surface area contributed by atoms with E-state index in [4.69, 9.17) is 0 Å². The maximum absolute atomic E-state index is 12.3. The smallest absolute Gasteiger partial charge is 0.232 e. The van der Waals surface area contributed by atoms with Gasteiger partial charge in [-0.05, 0) is 0 Å². The van der Waals surface area contributed by atoms with E-state index in [0.29, 0.717) is 5.13 Å². The summed E-state index contributed by atoms with van der Waals surface area (Å²) in [5, 5.41) is 8.27. The third kappa shape index (κ3) is 3.87. The molecule has 4 nitrogen and oxygen atoms in total. The van der Waals surface area contributed by atoms with Crippen molar-refractivity contribution in [3.63, 3.8) is 0 Å². The van der Waals surface area contributed by atoms with Crippen LogP contribution in [-0.2, 0) is 11.2 Å². The third-order valence-corrected chi connectivity index (χ3v) is 5.43. The summed E-state index contributed by atoms with van der Waals surface area (Å²) in [5.74, 6) is -0.108. The summed E-state index contributed by atoms with van der Waals surface area (Å²) >= 11 is 2.97. The number of anilines is 1. The molecule has 1 amide bonds. The molecule has 2 heterocycles. The van der Waals surface area contributed by atoms with Gasteiger partial charge in [0.2, 0.25) is 5.91 Å². The van der Waals surface area contributed by atoms with Gasteiger partial charge in [-0.25, -0.2) is 9.97 Å². The van der Waals surface area contributed by atoms with Gasteiger partial charge in [-0.1, -0.05) is 60.7 Å². The van der Waals surface area contributed by atoms with E-state index in [1.54, 1.807) is 11.3 Å². The molecular formula is C20H15N3OS2. The number of amides is 1. The number of thiazole rings is 2. The SMILES string of the molecule is O=C(Cc1csc(-c2ccccc2)n1)Nc1nc(-c2ccccc2)cs1. The van der Waals surface area contributed by atoms with Crippen LogP contribution in [0, 0.1) is 0 Å². The number of nitrogens with one attached hydrogen (secondary N) is 1. The van der Waals surface area contributed by atoms with E-state index in [1.165, 1.54) is 11.3 Å². The van der Waals surface area contributed by atoms with Crippen LogP contribution in [0.3, 0.4) is 0 Å². The largest absolute Gasteiger partial charge is 0.302 e. The highest BCUT2D eigenvalue weighted by atomic mass is 32.1. The van der Waals surface area contributed by atoms with Gasteiger partial charge in [0, 0.05) is 21.9 Å². The van der Waals surface area contributed by atoms with Crippen LogP contribution >= 0.6 is 22.7 Å². The molecule has 0 unspecified atom stereocenters. The van der Waals surface area contributed by atoms with E-state index < -0.39 is 0 Å². The van der Waals surface area contributed by atoms with Crippen LogP contribution in [0.4, 0.5) is 5.13 Å². The van der Waals surface area contributed by atoms with Gasteiger partial charge in [0.1, 0.15) is 5.01 Å². The molecule has 1 N–H and O–H groups in total. The molecule has 0 radical (unpaired) electrons. The Morgan fingerprint density at radius 2 is 1.54 bits per heavy atom. The topological polar surface area (TPSA) is 54.9 Å². The number of nitrogens with zero attached hydrogens (tertiary/aromatic N) is 2. The normalized spacial score (nSPS) is 10.6. The number of benzene rings is 2. The Morgan fingerprint density at radius 3 is 2.27 bits per heavy atom. The number of hydrogen-bond donors (Lipinski definition) is 1. The molecule has 6 heteroatoms. The van der Waals surface area contributed by atoms with E-state index in [1.807, 2.05) is 71.4 Å². The maximum atomic E-state index is 12.3. The molecule has 0 fully saturated rings. The molecule has 4 rings (SSSR count). The number of hydrogen-bond acceptors (Lipinski definition) is 5. The molecule has 26 heavy (non-hydrogen) atoms. The van der Waals surface area contributed by atoms with E-state index >= 15 is 0 Å². The first-order valence-electron chi connectivity index (χ1n) is 8.08. The summed E-state index contributed by atoms with van der Waals surface area (Å²) in [6, 6.07) is 19.9. The summed E-state index contributed by atoms with van der Waals surface area (Å²) in [4.78, 5) is 21.3. The highest BCUT2D eigenvalue weighted by Gasteiger charge is 2.11. The molecule has 128 valence electrons. The first kappa shape index (κ1) is 16.6. The van der Waals surface area contributed by atoms with Gasteiger partial charge in [0.25, 0.3) is 0 Å². The van der Waals surface area contributed by atoms with Crippen LogP contribution in [0.15, 0.2) is 71.4 Å². The van der Waals surface area contributed by atoms with Gasteiger partial charge in [-0.2, -0.15) is 0 Å². The van der Waals surface area contributed by atoms with Gasteiger partial charge in [0.15, 0.2) is 5.13 Å². The average Bonchev–Trinajstić information content (AvgIpc) is 3.33. The maximum Gasteiger partial charge on any atom is 0.232 e. The summed E-state index contributed by atoms with van der Waals surface area (Å²) in [5.41, 5.74) is 3.74. The zero-order chi connectivity index (χ0) is 17.8. The van der Waals surface area contributed by atoms with Gasteiger partial charge in [-0.3, -0.25) is 4.79 Å². The molecule has 0 bridgehead atoms. The average molecular weight is 377 g/mol. The lowest BCUT2D eigenvalue weighted by Crippen LogP contribution is -2.14. The Balaban J connectivity index is 1.40. The Kier molecular flexibility index (Phi) is 4.86. The number of carbonyl (C=O) groups excluding carboxylic acids is 1. The Bertz CT molecular complexity index is 928. The van der Waals surface area contributed by atoms with Crippen molar-refractivity contribution in [3.05, 3.63) is 77.1 Å². The first-order chi connectivity index (χ1) is 12.8. The molecule has 0 aliphatic rings. The van der Waals surface area contributed by atoms with Crippen LogP contribution in [0.25, 0.3) is 21.8 Å². The van der Waals surface area contributed by atoms with E-state index in [0.717, 1.165) is 27.5 Å². The Hall–Kier alpha value is -2.83. The Labute approximate surface area is 159 Å². The molecule has 0 saturated carbocycles. The van der Waals surface area contributed by atoms with Crippen LogP contribution < -0.4 is 5.32 Å². The second-order valence-electron chi connectivity index (χ2n) is 5.64. The van der Waals surface area contributed by atoms with Gasteiger partial charge < -0.3 is 5.32 Å². The van der Waals surface area contributed by atoms with Crippen LogP contribution in [0.2, 0.25) is 0 Å². The van der Waals surface area contributed by atoms with E-state index in [9.17, 15) is 4.79 Å². The minimum Gasteiger partial charge on any atom is -0.302 e. The summed E-state index contributed by atoms with van der Waals surface area (Å²) < 4.78 is 0. The summed E-state index contributed by atoms with van der Waals surface area (Å²) in [6.45, 7) is 0. The lowest BCUT2D eigenvalue weighted by molar-refractivity contribution is -0.115. The monoisotopic (exact) mass is 377 g/mol. The zero-order valence-corrected chi connectivity index (χ0v) is 15.4. The first-order valence-corrected chi connectivity index (χ1v) is 9.84. The van der Waals surface area contributed by atoms with Crippen molar-refractivity contribution in [1.82, 2.24) is 9.97 Å². The molecule has 4 aromatic rings. The van der Waals surface area contributed by atoms with Gasteiger partial charge >= 0.3 is 0 Å². The lowest BCUT2D eigenvalue weighted by Gasteiger charge is -1.99. The van der Waals surface area contributed by atoms with Gasteiger partial charge in [-0.15, -0.1) is 22.7 Å². The minimum atomic E-state index is -0.108. The summed E-state index contributed by atoms with van der Waals surface area (Å²) in [6.07, 6.45) is 0.240. The molecular weight excluding hydrogens is 362 g/mol. The van der Waals surface area contributed by atoms with Crippen molar-refractivity contribution in [1.29, 1.82) is 0 Å². The van der Waals surface area contributed by atoms with Crippen molar-refractivity contribution < 1.29 is 4.79 Å². The Morgan fingerprint density at radius 1 is 0.846 bits per heavy atom. The minimum absolute atomic E-state index is 0.108. The standard InChI is InChI=1S/C20H15N3OS2/c24-18(11-16-12-25-19(21-16)15-9-5-2-6-10-15)23-20-22-17(13-26-20)14-7-3-1-4-8-14/h1-10,12-13H,11H2,(H,22,23,24).